The van der Waals surface area contributed by atoms with Gasteiger partial charge in [0.25, 0.3) is 5.91 Å². The Morgan fingerprint density at radius 3 is 2.74 bits per heavy atom. The average Bonchev–Trinajstić information content (AvgIpc) is 2.97. The Balaban J connectivity index is 1.98. The van der Waals surface area contributed by atoms with Crippen LogP contribution in [0.15, 0.2) is 64.1 Å². The maximum absolute atomic E-state index is 12.3. The van der Waals surface area contributed by atoms with Crippen LogP contribution in [0.5, 0.6) is 0 Å². The summed E-state index contributed by atoms with van der Waals surface area (Å²) in [5, 5.41) is 0. The van der Waals surface area contributed by atoms with Gasteiger partial charge in [-0.05, 0) is 36.8 Å². The molecule has 5 nitrogen and oxygen atoms in total. The zero-order chi connectivity index (χ0) is 19.2. The second-order valence-corrected chi connectivity index (χ2v) is 7.51. The molecular formula is C20H17BrN2O3S. The molecule has 2 aromatic carbocycles. The number of ether oxygens (including phenoxy) is 1. The van der Waals surface area contributed by atoms with Gasteiger partial charge in [0.2, 0.25) is 0 Å². The van der Waals surface area contributed by atoms with Crippen LogP contribution in [0.1, 0.15) is 12.5 Å². The number of aromatic nitrogens is 1. The van der Waals surface area contributed by atoms with E-state index >= 15 is 0 Å². The molecule has 0 N–H and O–H groups in total. The summed E-state index contributed by atoms with van der Waals surface area (Å²) in [4.78, 5) is 28.9. The van der Waals surface area contributed by atoms with Crippen molar-refractivity contribution in [1.82, 2.24) is 4.57 Å². The lowest BCUT2D eigenvalue weighted by Crippen LogP contribution is -2.22. The van der Waals surface area contributed by atoms with Crippen LogP contribution < -0.4 is 4.80 Å². The van der Waals surface area contributed by atoms with Crippen LogP contribution in [-0.4, -0.2) is 23.1 Å². The molecule has 0 fully saturated rings. The number of rotatable bonds is 5. The molecule has 3 rings (SSSR count). The van der Waals surface area contributed by atoms with E-state index < -0.39 is 0 Å². The monoisotopic (exact) mass is 444 g/mol. The molecule has 3 aromatic rings. The fourth-order valence-corrected chi connectivity index (χ4v) is 4.07. The van der Waals surface area contributed by atoms with Crippen molar-refractivity contribution in [2.75, 3.05) is 6.61 Å². The number of fused-ring (bicyclic) bond motifs is 1. The zero-order valence-electron chi connectivity index (χ0n) is 14.6. The summed E-state index contributed by atoms with van der Waals surface area (Å²) in [7, 11) is 0. The summed E-state index contributed by atoms with van der Waals surface area (Å²) in [6, 6.07) is 15.2. The number of hydrogen-bond donors (Lipinski definition) is 0. The van der Waals surface area contributed by atoms with Crippen molar-refractivity contribution in [3.8, 4) is 0 Å². The van der Waals surface area contributed by atoms with Crippen LogP contribution in [0.25, 0.3) is 16.3 Å². The molecule has 0 atom stereocenters. The van der Waals surface area contributed by atoms with E-state index in [0.29, 0.717) is 11.4 Å². The first-order valence-corrected chi connectivity index (χ1v) is 9.94. The Labute approximate surface area is 168 Å². The van der Waals surface area contributed by atoms with Gasteiger partial charge in [0, 0.05) is 10.5 Å². The first-order chi connectivity index (χ1) is 13.1. The average molecular weight is 445 g/mol. The normalized spacial score (nSPS) is 12.0. The van der Waals surface area contributed by atoms with Gasteiger partial charge in [-0.1, -0.05) is 57.6 Å². The number of benzene rings is 2. The number of thiazole rings is 1. The lowest BCUT2D eigenvalue weighted by molar-refractivity contribution is -0.143. The Hall–Kier alpha value is -2.51. The summed E-state index contributed by atoms with van der Waals surface area (Å²) >= 11 is 4.79. The number of hydrogen-bond acceptors (Lipinski definition) is 4. The molecular weight excluding hydrogens is 428 g/mol. The van der Waals surface area contributed by atoms with Crippen LogP contribution in [0.2, 0.25) is 0 Å². The smallest absolute Gasteiger partial charge is 0.326 e. The van der Waals surface area contributed by atoms with Crippen molar-refractivity contribution in [2.45, 2.75) is 13.5 Å². The van der Waals surface area contributed by atoms with E-state index in [2.05, 4.69) is 20.9 Å². The maximum Gasteiger partial charge on any atom is 0.326 e. The maximum atomic E-state index is 12.3. The largest absolute Gasteiger partial charge is 0.465 e. The van der Waals surface area contributed by atoms with Crippen LogP contribution in [0, 0.1) is 0 Å². The lowest BCUT2D eigenvalue weighted by Gasteiger charge is -2.04. The second kappa shape index (κ2) is 8.92. The molecule has 0 radical (unpaired) electrons. The molecule has 0 bridgehead atoms. The standard InChI is InChI=1S/C20H17BrN2O3S/c1-2-26-19(25)13-23-16-10-9-15(21)12-17(16)27-20(23)22-18(24)11-8-14-6-4-3-5-7-14/h3-12H,2,13H2,1H3/b11-8+,22-20?. The number of carbonyl (C=O) groups excluding carboxylic acids is 2. The summed E-state index contributed by atoms with van der Waals surface area (Å²) in [6.07, 6.45) is 3.13. The van der Waals surface area contributed by atoms with Crippen molar-refractivity contribution >= 4 is 55.4 Å². The highest BCUT2D eigenvalue weighted by Gasteiger charge is 2.12. The molecule has 0 saturated heterocycles. The molecule has 0 aliphatic rings. The fourth-order valence-electron chi connectivity index (χ4n) is 2.48. The molecule has 7 heteroatoms. The molecule has 1 amide bonds. The van der Waals surface area contributed by atoms with Crippen LogP contribution in [0.4, 0.5) is 0 Å². The minimum atomic E-state index is -0.387. The molecule has 138 valence electrons. The summed E-state index contributed by atoms with van der Waals surface area (Å²) in [6.45, 7) is 2.07. The molecule has 0 spiro atoms. The van der Waals surface area contributed by atoms with E-state index in [1.807, 2.05) is 48.5 Å². The van der Waals surface area contributed by atoms with Crippen LogP contribution in [-0.2, 0) is 20.9 Å². The van der Waals surface area contributed by atoms with Gasteiger partial charge >= 0.3 is 5.97 Å². The third-order valence-electron chi connectivity index (χ3n) is 3.66. The Morgan fingerprint density at radius 1 is 1.22 bits per heavy atom. The third-order valence-corrected chi connectivity index (χ3v) is 5.20. The predicted octanol–water partition coefficient (Wildman–Crippen LogP) is 4.17. The lowest BCUT2D eigenvalue weighted by atomic mass is 10.2. The van der Waals surface area contributed by atoms with Gasteiger partial charge < -0.3 is 9.30 Å². The number of carbonyl (C=O) groups is 2. The zero-order valence-corrected chi connectivity index (χ0v) is 17.0. The first-order valence-electron chi connectivity index (χ1n) is 8.33. The quantitative estimate of drug-likeness (QED) is 0.438. The van der Waals surface area contributed by atoms with Gasteiger partial charge in [-0.15, -0.1) is 0 Å². The van der Waals surface area contributed by atoms with E-state index in [1.54, 1.807) is 17.6 Å². The molecule has 0 unspecified atom stereocenters. The molecule has 0 aliphatic carbocycles. The summed E-state index contributed by atoms with van der Waals surface area (Å²) in [5.74, 6) is -0.754. The highest BCUT2D eigenvalue weighted by Crippen LogP contribution is 2.22. The van der Waals surface area contributed by atoms with E-state index in [0.717, 1.165) is 20.3 Å². The van der Waals surface area contributed by atoms with Crippen molar-refractivity contribution in [3.05, 3.63) is 69.4 Å². The Bertz CT molecular complexity index is 1070. The molecule has 1 heterocycles. The van der Waals surface area contributed by atoms with Gasteiger partial charge in [0.15, 0.2) is 4.80 Å². The van der Waals surface area contributed by atoms with Gasteiger partial charge in [-0.2, -0.15) is 4.99 Å². The van der Waals surface area contributed by atoms with Crippen molar-refractivity contribution in [1.29, 1.82) is 0 Å². The third kappa shape index (κ3) is 5.02. The van der Waals surface area contributed by atoms with Gasteiger partial charge in [-0.25, -0.2) is 0 Å². The van der Waals surface area contributed by atoms with E-state index in [9.17, 15) is 9.59 Å². The fraction of sp³-hybridized carbons (Fsp3) is 0.150. The first kappa shape index (κ1) is 19.3. The second-order valence-electron chi connectivity index (χ2n) is 5.58. The molecule has 27 heavy (non-hydrogen) atoms. The number of nitrogens with zero attached hydrogens (tertiary/aromatic N) is 2. The SMILES string of the molecule is CCOC(=O)Cn1c(=NC(=O)/C=C/c2ccccc2)sc2cc(Br)ccc21. The highest BCUT2D eigenvalue weighted by molar-refractivity contribution is 9.10. The molecule has 1 aromatic heterocycles. The molecule has 0 aliphatic heterocycles. The van der Waals surface area contributed by atoms with Crippen LogP contribution in [0.3, 0.4) is 0 Å². The minimum Gasteiger partial charge on any atom is -0.465 e. The van der Waals surface area contributed by atoms with Gasteiger partial charge in [-0.3, -0.25) is 9.59 Å². The van der Waals surface area contributed by atoms with Crippen LogP contribution >= 0.6 is 27.3 Å². The van der Waals surface area contributed by atoms with E-state index in [-0.39, 0.29) is 18.4 Å². The number of halogens is 1. The Kier molecular flexibility index (Phi) is 6.36. The minimum absolute atomic E-state index is 0.00395. The summed E-state index contributed by atoms with van der Waals surface area (Å²) < 4.78 is 8.60. The molecule has 0 saturated carbocycles. The topological polar surface area (TPSA) is 60.7 Å². The van der Waals surface area contributed by atoms with Gasteiger partial charge in [0.05, 0.1) is 16.8 Å². The van der Waals surface area contributed by atoms with E-state index in [1.165, 1.54) is 17.4 Å². The number of amides is 1. The summed E-state index contributed by atoms with van der Waals surface area (Å²) in [5.41, 5.74) is 1.75. The van der Waals surface area contributed by atoms with Crippen molar-refractivity contribution in [2.24, 2.45) is 4.99 Å². The van der Waals surface area contributed by atoms with Crippen molar-refractivity contribution in [3.63, 3.8) is 0 Å². The predicted molar refractivity (Wildman–Crippen MR) is 110 cm³/mol. The van der Waals surface area contributed by atoms with Gasteiger partial charge in [0.1, 0.15) is 6.54 Å². The van der Waals surface area contributed by atoms with E-state index in [4.69, 9.17) is 4.74 Å². The van der Waals surface area contributed by atoms with Crippen molar-refractivity contribution < 1.29 is 14.3 Å². The number of esters is 1. The highest BCUT2D eigenvalue weighted by atomic mass is 79.9. The Morgan fingerprint density at radius 2 is 2.00 bits per heavy atom.